The first-order chi connectivity index (χ1) is 3.68. The quantitative estimate of drug-likeness (QED) is 0.470. The minimum Gasteiger partial charge on any atom is -0.465 e. The zero-order valence-electron chi connectivity index (χ0n) is 4.69. The molecule has 0 aromatic carbocycles. The van der Waals surface area contributed by atoms with Gasteiger partial charge in [0, 0.05) is 0 Å². The predicted molar refractivity (Wildman–Crippen MR) is 34.7 cm³/mol. The molecule has 3 heteroatoms. The van der Waals surface area contributed by atoms with E-state index in [0.29, 0.717) is 0 Å². The van der Waals surface area contributed by atoms with Crippen LogP contribution in [-0.4, -0.2) is 17.4 Å². The first-order valence-electron chi connectivity index (χ1n) is 2.28. The molecule has 0 rings (SSSR count). The van der Waals surface area contributed by atoms with Crippen LogP contribution in [0, 0.1) is 6.92 Å². The van der Waals surface area contributed by atoms with E-state index in [4.69, 9.17) is 0 Å². The van der Waals surface area contributed by atoms with Gasteiger partial charge in [0.25, 0.3) is 0 Å². The van der Waals surface area contributed by atoms with Gasteiger partial charge in [0.05, 0.1) is 6.61 Å². The second kappa shape index (κ2) is 3.89. The maximum absolute atomic E-state index is 10.4. The second-order valence-electron chi connectivity index (χ2n) is 1.28. The van der Waals surface area contributed by atoms with Crippen LogP contribution in [0.1, 0.15) is 6.92 Å². The molecule has 0 aliphatic rings. The molecule has 0 bridgehead atoms. The molecular formula is C5H8BrO2. The van der Waals surface area contributed by atoms with Crippen molar-refractivity contribution >= 4 is 21.9 Å². The van der Waals surface area contributed by atoms with Gasteiger partial charge in [0.15, 0.2) is 0 Å². The summed E-state index contributed by atoms with van der Waals surface area (Å²) >= 11 is 3.04. The van der Waals surface area contributed by atoms with Crippen LogP contribution >= 0.6 is 15.9 Å². The Kier molecular flexibility index (Phi) is 3.87. The van der Waals surface area contributed by atoms with Crippen molar-refractivity contribution in [3.05, 3.63) is 6.92 Å². The maximum Gasteiger partial charge on any atom is 0.319 e. The summed E-state index contributed by atoms with van der Waals surface area (Å²) in [5.41, 5.74) is 0. The summed E-state index contributed by atoms with van der Waals surface area (Å²) in [5, 5.41) is 0. The Balaban J connectivity index is 3.33. The molecule has 1 unspecified atom stereocenters. The van der Waals surface area contributed by atoms with Gasteiger partial charge in [0.2, 0.25) is 0 Å². The van der Waals surface area contributed by atoms with Gasteiger partial charge in [0.1, 0.15) is 4.83 Å². The zero-order chi connectivity index (χ0) is 6.57. The highest BCUT2D eigenvalue weighted by Crippen LogP contribution is 1.98. The number of hydrogen-bond donors (Lipinski definition) is 0. The van der Waals surface area contributed by atoms with E-state index < -0.39 is 0 Å². The Morgan fingerprint density at radius 2 is 2.50 bits per heavy atom. The van der Waals surface area contributed by atoms with Gasteiger partial charge in [-0.25, -0.2) is 0 Å². The van der Waals surface area contributed by atoms with Crippen molar-refractivity contribution in [3.63, 3.8) is 0 Å². The smallest absolute Gasteiger partial charge is 0.319 e. The van der Waals surface area contributed by atoms with E-state index in [1.807, 2.05) is 0 Å². The minimum absolute atomic E-state index is 0.203. The van der Waals surface area contributed by atoms with E-state index in [2.05, 4.69) is 27.6 Å². The second-order valence-corrected chi connectivity index (χ2v) is 2.66. The first-order valence-corrected chi connectivity index (χ1v) is 3.20. The molecule has 47 valence electrons. The van der Waals surface area contributed by atoms with E-state index in [-0.39, 0.29) is 17.4 Å². The van der Waals surface area contributed by atoms with Gasteiger partial charge in [-0.2, -0.15) is 0 Å². The zero-order valence-corrected chi connectivity index (χ0v) is 6.27. The predicted octanol–water partition coefficient (Wildman–Crippen LogP) is 1.15. The molecule has 0 heterocycles. The number of halogens is 1. The molecule has 8 heavy (non-hydrogen) atoms. The van der Waals surface area contributed by atoms with Crippen LogP contribution in [0.15, 0.2) is 0 Å². The van der Waals surface area contributed by atoms with Crippen molar-refractivity contribution in [1.82, 2.24) is 0 Å². The highest BCUT2D eigenvalue weighted by Gasteiger charge is 2.07. The fourth-order valence-electron chi connectivity index (χ4n) is 0.215. The Hall–Kier alpha value is -0.0500. The normalized spacial score (nSPS) is 12.9. The molecule has 2 nitrogen and oxygen atoms in total. The van der Waals surface area contributed by atoms with Gasteiger partial charge in [-0.15, -0.1) is 0 Å². The van der Waals surface area contributed by atoms with Crippen molar-refractivity contribution in [3.8, 4) is 0 Å². The van der Waals surface area contributed by atoms with E-state index in [1.165, 1.54) is 0 Å². The van der Waals surface area contributed by atoms with Crippen LogP contribution in [0.25, 0.3) is 0 Å². The average molecular weight is 180 g/mol. The Labute approximate surface area is 57.3 Å². The summed E-state index contributed by atoms with van der Waals surface area (Å²) in [6, 6.07) is 0. The van der Waals surface area contributed by atoms with Crippen molar-refractivity contribution in [2.45, 2.75) is 11.8 Å². The van der Waals surface area contributed by atoms with Crippen LogP contribution in [-0.2, 0) is 9.53 Å². The van der Waals surface area contributed by atoms with Crippen LogP contribution in [0.2, 0.25) is 0 Å². The minimum atomic E-state index is -0.264. The van der Waals surface area contributed by atoms with Crippen LogP contribution < -0.4 is 0 Å². The molecule has 0 spiro atoms. The largest absolute Gasteiger partial charge is 0.465 e. The molecule has 1 radical (unpaired) electrons. The van der Waals surface area contributed by atoms with Crippen LogP contribution in [0.4, 0.5) is 0 Å². The van der Waals surface area contributed by atoms with Crippen LogP contribution in [0.5, 0.6) is 0 Å². The number of rotatable bonds is 2. The summed E-state index contributed by atoms with van der Waals surface area (Å²) in [4.78, 5) is 10.2. The summed E-state index contributed by atoms with van der Waals surface area (Å²) in [6.45, 7) is 5.25. The summed E-state index contributed by atoms with van der Waals surface area (Å²) in [6.07, 6.45) is 0. The van der Waals surface area contributed by atoms with Crippen LogP contribution in [0.3, 0.4) is 0 Å². The van der Waals surface area contributed by atoms with Crippen molar-refractivity contribution in [2.24, 2.45) is 0 Å². The van der Waals surface area contributed by atoms with Crippen molar-refractivity contribution in [1.29, 1.82) is 0 Å². The standard InChI is InChI=1S/C5H8BrO2/c1-3-8-5(7)4(2)6/h4H,1,3H2,2H3. The van der Waals surface area contributed by atoms with Crippen molar-refractivity contribution < 1.29 is 9.53 Å². The lowest BCUT2D eigenvalue weighted by atomic mass is 10.5. The first kappa shape index (κ1) is 7.95. The molecule has 0 saturated carbocycles. The molecule has 0 aliphatic carbocycles. The third kappa shape index (κ3) is 3.02. The number of carbonyl (C=O) groups excluding carboxylic acids is 1. The number of ether oxygens (including phenoxy) is 1. The molecule has 0 saturated heterocycles. The highest BCUT2D eigenvalue weighted by atomic mass is 79.9. The number of alkyl halides is 1. The van der Waals surface area contributed by atoms with E-state index in [9.17, 15) is 4.79 Å². The van der Waals surface area contributed by atoms with Crippen molar-refractivity contribution in [2.75, 3.05) is 6.61 Å². The van der Waals surface area contributed by atoms with Gasteiger partial charge < -0.3 is 4.74 Å². The third-order valence-corrected chi connectivity index (χ3v) is 0.943. The Bertz CT molecular complexity index is 80.5. The average Bonchev–Trinajstić information content (AvgIpc) is 1.67. The fraction of sp³-hybridized carbons (Fsp3) is 0.600. The van der Waals surface area contributed by atoms with Gasteiger partial charge in [-0.3, -0.25) is 4.79 Å². The van der Waals surface area contributed by atoms with E-state index >= 15 is 0 Å². The lowest BCUT2D eigenvalue weighted by Crippen LogP contribution is -2.13. The lowest BCUT2D eigenvalue weighted by Gasteiger charge is -2.00. The van der Waals surface area contributed by atoms with E-state index in [0.717, 1.165) is 0 Å². The summed E-state index contributed by atoms with van der Waals surface area (Å²) in [5.74, 6) is -0.264. The molecule has 0 aliphatic heterocycles. The van der Waals surface area contributed by atoms with Gasteiger partial charge >= 0.3 is 5.97 Å². The molecule has 0 aromatic rings. The monoisotopic (exact) mass is 179 g/mol. The van der Waals surface area contributed by atoms with E-state index in [1.54, 1.807) is 6.92 Å². The molecule has 0 fully saturated rings. The molecule has 0 amide bonds. The molecule has 1 atom stereocenters. The summed E-state index contributed by atoms with van der Waals surface area (Å²) in [7, 11) is 0. The Morgan fingerprint density at radius 3 is 2.62 bits per heavy atom. The maximum atomic E-state index is 10.4. The number of carbonyl (C=O) groups is 1. The lowest BCUT2D eigenvalue weighted by molar-refractivity contribution is -0.141. The molecule has 0 N–H and O–H groups in total. The van der Waals surface area contributed by atoms with Gasteiger partial charge in [-0.05, 0) is 13.8 Å². The summed E-state index contributed by atoms with van der Waals surface area (Å²) < 4.78 is 4.51. The molecule has 0 aromatic heterocycles. The fourth-order valence-corrected chi connectivity index (χ4v) is 0.348. The van der Waals surface area contributed by atoms with Gasteiger partial charge in [-0.1, -0.05) is 15.9 Å². The SMILES string of the molecule is [CH2]COC(=O)C(C)Br. The Morgan fingerprint density at radius 1 is 2.00 bits per heavy atom. The molecular weight excluding hydrogens is 172 g/mol. The third-order valence-electron chi connectivity index (χ3n) is 0.569. The number of esters is 1. The topological polar surface area (TPSA) is 26.3 Å². The number of hydrogen-bond acceptors (Lipinski definition) is 2. The highest BCUT2D eigenvalue weighted by molar-refractivity contribution is 9.10.